The summed E-state index contributed by atoms with van der Waals surface area (Å²) in [6, 6.07) is 47.2. The second-order valence-electron chi connectivity index (χ2n) is 12.4. The second kappa shape index (κ2) is 17.1. The molecule has 0 radical (unpaired) electrons. The zero-order valence-corrected chi connectivity index (χ0v) is 31.3. The van der Waals surface area contributed by atoms with Gasteiger partial charge in [-0.2, -0.15) is 0 Å². The number of nitrogens with one attached hydrogen (secondary N) is 3. The third kappa shape index (κ3) is 7.80. The van der Waals surface area contributed by atoms with Gasteiger partial charge in [0, 0.05) is 0 Å². The fourth-order valence-electron chi connectivity index (χ4n) is 6.21. The maximum Gasteiger partial charge on any atom is 3.00 e. The molecule has 0 spiro atoms. The Bertz CT molecular complexity index is 2480. The van der Waals surface area contributed by atoms with E-state index in [2.05, 4.69) is 59.8 Å². The van der Waals surface area contributed by atoms with Crippen LogP contribution >= 0.6 is 0 Å². The van der Waals surface area contributed by atoms with Crippen molar-refractivity contribution in [2.75, 3.05) is 0 Å². The fraction of sp³-hybridized carbons (Fsp3) is 0. The molecule has 0 atom stereocenters. The van der Waals surface area contributed by atoms with Gasteiger partial charge in [-0.3, -0.25) is 0 Å². The Kier molecular flexibility index (Phi) is 11.9. The Morgan fingerprint density at radius 2 is 0.534 bits per heavy atom. The van der Waals surface area contributed by atoms with Crippen molar-refractivity contribution in [3.8, 4) is 34.9 Å². The van der Waals surface area contributed by atoms with Crippen LogP contribution in [-0.4, -0.2) is 61.3 Å². The number of imidazole rings is 6. The van der Waals surface area contributed by atoms with Crippen molar-refractivity contribution in [1.29, 1.82) is 0 Å². The van der Waals surface area contributed by atoms with Gasteiger partial charge in [0.1, 0.15) is 17.5 Å². The van der Waals surface area contributed by atoms with E-state index in [-0.39, 0.29) is 33.2 Å². The normalized spacial score (nSPS) is 10.6. The molecule has 58 heavy (non-hydrogen) atoms. The summed E-state index contributed by atoms with van der Waals surface area (Å²) < 4.78 is 0. The van der Waals surface area contributed by atoms with Gasteiger partial charge >= 0.3 is 16.8 Å². The van der Waals surface area contributed by atoms with Gasteiger partial charge in [-0.05, 0) is 87.0 Å². The molecular weight excluding hydrogens is 779 g/mol. The van der Waals surface area contributed by atoms with E-state index in [1.807, 2.05) is 146 Å². The topological polar surface area (TPSA) is 262 Å². The van der Waals surface area contributed by atoms with Crippen LogP contribution in [-0.2, 0) is 16.8 Å². The van der Waals surface area contributed by atoms with Crippen LogP contribution in [0.15, 0.2) is 146 Å². The summed E-state index contributed by atoms with van der Waals surface area (Å²) in [6.45, 7) is 0. The third-order valence-electron chi connectivity index (χ3n) is 8.81. The van der Waals surface area contributed by atoms with E-state index in [1.54, 1.807) is 0 Å². The number of aromatic nitrogens is 12. The second-order valence-corrected chi connectivity index (χ2v) is 12.4. The van der Waals surface area contributed by atoms with Crippen molar-refractivity contribution in [3.05, 3.63) is 146 Å². The van der Waals surface area contributed by atoms with Crippen molar-refractivity contribution >= 4 is 66.2 Å². The number of aromatic amines is 3. The van der Waals surface area contributed by atoms with Gasteiger partial charge < -0.3 is 61.3 Å². The molecule has 0 aliphatic heterocycles. The Hall–Kier alpha value is -7.47. The molecule has 9 N–H and O–H groups in total. The number of hydrogen-bond acceptors (Lipinski definition) is 6. The van der Waals surface area contributed by atoms with Crippen molar-refractivity contribution in [2.45, 2.75) is 0 Å². The van der Waals surface area contributed by atoms with E-state index in [4.69, 9.17) is 0 Å². The molecule has 15 nitrogen and oxygen atoms in total. The van der Waals surface area contributed by atoms with Gasteiger partial charge in [-0.1, -0.05) is 109 Å². The third-order valence-corrected chi connectivity index (χ3v) is 8.81. The van der Waals surface area contributed by atoms with Gasteiger partial charge in [0.05, 0.1) is 33.1 Å². The molecular formula is C42H33CoN12O3. The quantitative estimate of drug-likeness (QED) is 0.196. The van der Waals surface area contributed by atoms with E-state index in [0.29, 0.717) is 34.9 Å². The van der Waals surface area contributed by atoms with Crippen LogP contribution in [0.5, 0.6) is 0 Å². The van der Waals surface area contributed by atoms with Gasteiger partial charge in [-0.15, -0.1) is 0 Å². The molecule has 288 valence electrons. The van der Waals surface area contributed by atoms with Crippen LogP contribution in [0.25, 0.3) is 101 Å². The maximum absolute atomic E-state index is 4.50. The first-order chi connectivity index (χ1) is 26.7. The van der Waals surface area contributed by atoms with E-state index in [9.17, 15) is 0 Å². The summed E-state index contributed by atoms with van der Waals surface area (Å²) in [5.41, 5.74) is 11.2. The van der Waals surface area contributed by atoms with E-state index >= 15 is 0 Å². The molecule has 6 heterocycles. The van der Waals surface area contributed by atoms with Gasteiger partial charge in [0.25, 0.3) is 0 Å². The smallest absolute Gasteiger partial charge is 0.433 e. The van der Waals surface area contributed by atoms with Crippen LogP contribution in [0.3, 0.4) is 0 Å². The molecule has 0 amide bonds. The summed E-state index contributed by atoms with van der Waals surface area (Å²) in [4.78, 5) is 50.0. The molecule has 12 aromatic rings. The molecule has 12 rings (SSSR count). The molecule has 0 saturated heterocycles. The molecule has 16 heteroatoms. The Labute approximate surface area is 338 Å². The first-order valence-corrected chi connectivity index (χ1v) is 17.2. The number of benzene rings is 6. The minimum Gasteiger partial charge on any atom is -0.433 e. The summed E-state index contributed by atoms with van der Waals surface area (Å²) in [5, 5.41) is 0. The van der Waals surface area contributed by atoms with Crippen molar-refractivity contribution in [3.63, 3.8) is 0 Å². The number of hydrogen-bond donors (Lipinski definition) is 3. The van der Waals surface area contributed by atoms with Gasteiger partial charge in [-0.25, -0.2) is 15.0 Å². The molecule has 0 aliphatic carbocycles. The molecule has 0 unspecified atom stereocenters. The summed E-state index contributed by atoms with van der Waals surface area (Å²) in [6.07, 6.45) is 0. The first-order valence-electron chi connectivity index (χ1n) is 17.2. The molecule has 6 aromatic heterocycles. The molecule has 0 aliphatic rings. The Balaban J connectivity index is 0.000000142. The number of rotatable bonds is 3. The predicted octanol–water partition coefficient (Wildman–Crippen LogP) is 5.73. The molecule has 6 aromatic carbocycles. The van der Waals surface area contributed by atoms with E-state index in [0.717, 1.165) is 66.2 Å². The standard InChI is InChI=1S/3C14H9N4.Co.3H2O/c3*1-2-6-10-9(5-1)15-13(16-10)14-17-11-7-3-4-8-12(11)18-14;;;;/h3*1-8H,(H-,15,16,17,18);;3*1H2/q3*-1;+3;;;. The van der Waals surface area contributed by atoms with Crippen LogP contribution in [0, 0.1) is 0 Å². The molecule has 0 fully saturated rings. The SMILES string of the molecule is O.O.O.[Co+3].c1ccc2[n-]c(-c3nc4ccccc4[nH]3)nc2c1.c1ccc2[n-]c(-c3nc4ccccc4[nH]3)nc2c1.c1ccc2[n-]c(-c3nc4ccccc4[nH]3)nc2c1. The van der Waals surface area contributed by atoms with Gasteiger partial charge in [0.2, 0.25) is 0 Å². The number of para-hydroxylation sites is 12. The van der Waals surface area contributed by atoms with Crippen LogP contribution in [0.2, 0.25) is 0 Å². The van der Waals surface area contributed by atoms with E-state index in [1.165, 1.54) is 0 Å². The van der Waals surface area contributed by atoms with Crippen LogP contribution in [0.4, 0.5) is 0 Å². The first kappa shape index (κ1) is 40.2. The maximum atomic E-state index is 4.50. The predicted molar refractivity (Wildman–Crippen MR) is 221 cm³/mol. The average Bonchev–Trinajstić information content (AvgIpc) is 4.07. The molecule has 0 saturated carbocycles. The van der Waals surface area contributed by atoms with Crippen LogP contribution in [0.1, 0.15) is 0 Å². The monoisotopic (exact) mass is 812 g/mol. The van der Waals surface area contributed by atoms with E-state index < -0.39 is 0 Å². The summed E-state index contributed by atoms with van der Waals surface area (Å²) >= 11 is 0. The average molecular weight is 813 g/mol. The number of nitrogens with zero attached hydrogens (tertiary/aromatic N) is 9. The molecule has 0 bridgehead atoms. The van der Waals surface area contributed by atoms with Crippen molar-refractivity contribution in [1.82, 2.24) is 59.8 Å². The largest absolute Gasteiger partial charge is 3.00 e. The number of H-pyrrole nitrogens is 3. The van der Waals surface area contributed by atoms with Crippen LogP contribution < -0.4 is 15.0 Å². The zero-order chi connectivity index (χ0) is 35.8. The zero-order valence-electron chi connectivity index (χ0n) is 30.2. The Morgan fingerprint density at radius 1 is 0.293 bits per heavy atom. The van der Waals surface area contributed by atoms with Crippen molar-refractivity contribution < 1.29 is 33.2 Å². The Morgan fingerprint density at radius 3 is 0.793 bits per heavy atom. The number of fused-ring (bicyclic) bond motifs is 6. The summed E-state index contributed by atoms with van der Waals surface area (Å²) in [5.74, 6) is 4.08. The fourth-order valence-corrected chi connectivity index (χ4v) is 6.21. The minimum absolute atomic E-state index is 0. The summed E-state index contributed by atoms with van der Waals surface area (Å²) in [7, 11) is 0. The van der Waals surface area contributed by atoms with Crippen molar-refractivity contribution in [2.24, 2.45) is 0 Å². The van der Waals surface area contributed by atoms with Gasteiger partial charge in [0.15, 0.2) is 0 Å². The minimum atomic E-state index is 0.